The van der Waals surface area contributed by atoms with E-state index in [0.29, 0.717) is 24.0 Å². The molecular formula is C25H27FN2O2. The molecule has 3 aliphatic carbocycles. The van der Waals surface area contributed by atoms with Crippen LogP contribution in [0.1, 0.15) is 85.3 Å². The third-order valence-corrected chi connectivity index (χ3v) is 6.44. The Bertz CT molecular complexity index is 1040. The highest BCUT2D eigenvalue weighted by atomic mass is 19.1. The van der Waals surface area contributed by atoms with Gasteiger partial charge in [0.15, 0.2) is 0 Å². The smallest absolute Gasteiger partial charge is 0.296 e. The van der Waals surface area contributed by atoms with Crippen LogP contribution in [-0.4, -0.2) is 17.9 Å². The molecule has 0 radical (unpaired) electrons. The van der Waals surface area contributed by atoms with Crippen molar-refractivity contribution in [1.29, 1.82) is 0 Å². The molecule has 1 aromatic rings. The molecule has 0 aromatic heterocycles. The summed E-state index contributed by atoms with van der Waals surface area (Å²) in [6.07, 6.45) is 10.2. The molecule has 0 aliphatic heterocycles. The summed E-state index contributed by atoms with van der Waals surface area (Å²) in [4.78, 5) is 24.0. The van der Waals surface area contributed by atoms with E-state index in [4.69, 9.17) is 5.73 Å². The van der Waals surface area contributed by atoms with Crippen LogP contribution in [0, 0.1) is 17.7 Å². The fourth-order valence-electron chi connectivity index (χ4n) is 5.17. The number of nitrogens with one attached hydrogen (secondary N) is 1. The second kappa shape index (κ2) is 8.47. The molecule has 0 heterocycles. The topological polar surface area (TPSA) is 72.2 Å². The van der Waals surface area contributed by atoms with Crippen molar-refractivity contribution in [3.05, 3.63) is 45.8 Å². The van der Waals surface area contributed by atoms with Crippen molar-refractivity contribution in [2.24, 2.45) is 5.73 Å². The third kappa shape index (κ3) is 3.79. The number of nitrogens with two attached hydrogens (primary N) is 1. The van der Waals surface area contributed by atoms with E-state index in [-0.39, 0.29) is 11.9 Å². The number of carbonyl (C=O) groups excluding carboxylic acids is 2. The molecule has 0 bridgehead atoms. The molecule has 1 aromatic carbocycles. The van der Waals surface area contributed by atoms with Gasteiger partial charge in [0.25, 0.3) is 5.91 Å². The summed E-state index contributed by atoms with van der Waals surface area (Å²) in [5.41, 5.74) is 11.7. The van der Waals surface area contributed by atoms with Crippen LogP contribution < -0.4 is 11.1 Å². The molecule has 4 nitrogen and oxygen atoms in total. The molecule has 0 fully saturated rings. The Kier molecular flexibility index (Phi) is 5.76. The van der Waals surface area contributed by atoms with E-state index < -0.39 is 11.7 Å². The first kappa shape index (κ1) is 20.4. The standard InChI is InChI=1S/C25H27FN2O2/c1-2-7-22(29)28-17-10-6-9-16(12-17)23-21(26)14-20(25(27)30)19-13-15-8-4-3-5-11-18(15)24(19)23/h9,14,17H,3-6,8,10-13H2,1H3,(H2,27,30)(H,28,29)/t17-/m0/s1. The monoisotopic (exact) mass is 406 g/mol. The Morgan fingerprint density at radius 2 is 2.00 bits per heavy atom. The minimum absolute atomic E-state index is 0.0757. The van der Waals surface area contributed by atoms with Crippen molar-refractivity contribution in [3.63, 3.8) is 0 Å². The lowest BCUT2D eigenvalue weighted by Gasteiger charge is -2.26. The molecule has 0 spiro atoms. The highest BCUT2D eigenvalue weighted by Gasteiger charge is 2.33. The Balaban J connectivity index is 1.77. The number of halogens is 1. The number of rotatable bonds is 3. The zero-order valence-electron chi connectivity index (χ0n) is 17.4. The number of carbonyl (C=O) groups is 2. The lowest BCUT2D eigenvalue weighted by Crippen LogP contribution is -2.35. The van der Waals surface area contributed by atoms with Crippen molar-refractivity contribution in [3.8, 4) is 11.8 Å². The quantitative estimate of drug-likeness (QED) is 0.736. The van der Waals surface area contributed by atoms with Crippen molar-refractivity contribution in [2.45, 2.75) is 70.8 Å². The molecule has 0 saturated carbocycles. The Morgan fingerprint density at radius 3 is 2.77 bits per heavy atom. The Hall–Kier alpha value is -2.87. The second-order valence-corrected chi connectivity index (χ2v) is 8.37. The number of fused-ring (bicyclic) bond motifs is 2. The average Bonchev–Trinajstić information content (AvgIpc) is 2.90. The van der Waals surface area contributed by atoms with Crippen LogP contribution >= 0.6 is 0 Å². The molecule has 1 atom stereocenters. The van der Waals surface area contributed by atoms with Crippen LogP contribution in [-0.2, 0) is 11.2 Å². The maximum absolute atomic E-state index is 15.4. The van der Waals surface area contributed by atoms with Crippen molar-refractivity contribution < 1.29 is 14.0 Å². The molecule has 4 rings (SSSR count). The summed E-state index contributed by atoms with van der Waals surface area (Å²) in [5, 5.41) is 2.94. The van der Waals surface area contributed by atoms with Gasteiger partial charge >= 0.3 is 0 Å². The lowest BCUT2D eigenvalue weighted by molar-refractivity contribution is -0.116. The summed E-state index contributed by atoms with van der Waals surface area (Å²) in [7, 11) is 0. The first-order chi connectivity index (χ1) is 14.5. The predicted molar refractivity (Wildman–Crippen MR) is 116 cm³/mol. The first-order valence-corrected chi connectivity index (χ1v) is 10.8. The molecule has 5 heteroatoms. The molecule has 30 heavy (non-hydrogen) atoms. The molecule has 0 unspecified atom stereocenters. The fourth-order valence-corrected chi connectivity index (χ4v) is 5.17. The summed E-state index contributed by atoms with van der Waals surface area (Å²) < 4.78 is 15.4. The van der Waals surface area contributed by atoms with Crippen LogP contribution in [0.15, 0.2) is 17.7 Å². The van der Waals surface area contributed by atoms with E-state index in [1.54, 1.807) is 6.92 Å². The Labute approximate surface area is 176 Å². The van der Waals surface area contributed by atoms with Gasteiger partial charge in [0.2, 0.25) is 5.91 Å². The van der Waals surface area contributed by atoms with Gasteiger partial charge in [-0.1, -0.05) is 24.0 Å². The molecular weight excluding hydrogens is 379 g/mol. The lowest BCUT2D eigenvalue weighted by atomic mass is 9.83. The van der Waals surface area contributed by atoms with Crippen molar-refractivity contribution >= 4 is 23.0 Å². The van der Waals surface area contributed by atoms with Gasteiger partial charge in [0.1, 0.15) is 5.82 Å². The number of primary amides is 1. The van der Waals surface area contributed by atoms with Gasteiger partial charge in [0, 0.05) is 17.2 Å². The minimum Gasteiger partial charge on any atom is -0.366 e. The van der Waals surface area contributed by atoms with Gasteiger partial charge < -0.3 is 11.1 Å². The zero-order chi connectivity index (χ0) is 21.3. The highest BCUT2D eigenvalue weighted by Crippen LogP contribution is 2.47. The number of allylic oxidation sites excluding steroid dienone is 3. The van der Waals surface area contributed by atoms with Gasteiger partial charge in [0.05, 0.1) is 0 Å². The van der Waals surface area contributed by atoms with E-state index in [1.165, 1.54) is 23.6 Å². The van der Waals surface area contributed by atoms with Crippen molar-refractivity contribution in [2.75, 3.05) is 0 Å². The van der Waals surface area contributed by atoms with Gasteiger partial charge in [-0.25, -0.2) is 4.39 Å². The number of hydrogen-bond acceptors (Lipinski definition) is 2. The fraction of sp³-hybridized carbons (Fsp3) is 0.440. The second-order valence-electron chi connectivity index (χ2n) is 8.37. The van der Waals surface area contributed by atoms with Crippen molar-refractivity contribution in [1.82, 2.24) is 5.32 Å². The molecule has 0 saturated heterocycles. The van der Waals surface area contributed by atoms with Crippen LogP contribution in [0.3, 0.4) is 0 Å². The number of hydrogen-bond donors (Lipinski definition) is 2. The number of amides is 2. The van der Waals surface area contributed by atoms with E-state index in [0.717, 1.165) is 55.2 Å². The van der Waals surface area contributed by atoms with Gasteiger partial charge in [-0.3, -0.25) is 9.59 Å². The van der Waals surface area contributed by atoms with Crippen LogP contribution in [0.25, 0.3) is 11.1 Å². The molecule has 3 aliphatic rings. The van der Waals surface area contributed by atoms with Crippen LogP contribution in [0.2, 0.25) is 0 Å². The summed E-state index contributed by atoms with van der Waals surface area (Å²) >= 11 is 0. The normalized spacial score (nSPS) is 20.3. The number of benzene rings is 1. The summed E-state index contributed by atoms with van der Waals surface area (Å²) in [6.45, 7) is 1.63. The van der Waals surface area contributed by atoms with E-state index in [2.05, 4.69) is 23.2 Å². The first-order valence-electron chi connectivity index (χ1n) is 10.8. The van der Waals surface area contributed by atoms with Gasteiger partial charge in [-0.15, -0.1) is 0 Å². The summed E-state index contributed by atoms with van der Waals surface area (Å²) in [5.74, 6) is 3.85. The van der Waals surface area contributed by atoms with Gasteiger partial charge in [-0.2, -0.15) is 0 Å². The zero-order valence-corrected chi connectivity index (χ0v) is 17.4. The minimum atomic E-state index is -0.574. The van der Waals surface area contributed by atoms with Gasteiger partial charge in [-0.05, 0) is 92.6 Å². The molecule has 3 N–H and O–H groups in total. The van der Waals surface area contributed by atoms with Crippen LogP contribution in [0.4, 0.5) is 4.39 Å². The van der Waals surface area contributed by atoms with E-state index in [1.807, 2.05) is 0 Å². The molecule has 156 valence electrons. The van der Waals surface area contributed by atoms with E-state index >= 15 is 4.39 Å². The maximum atomic E-state index is 15.4. The third-order valence-electron chi connectivity index (χ3n) is 6.44. The SMILES string of the molecule is CC#CC(=O)N[C@H]1CCC=C(c2c(F)cc(C(N)=O)c3c2C2=C(CCCCC2)C3)C1. The maximum Gasteiger partial charge on any atom is 0.296 e. The molecule has 2 amide bonds. The average molecular weight is 407 g/mol. The summed E-state index contributed by atoms with van der Waals surface area (Å²) in [6, 6.07) is 1.24. The van der Waals surface area contributed by atoms with E-state index in [9.17, 15) is 9.59 Å². The Morgan fingerprint density at radius 1 is 1.20 bits per heavy atom. The highest BCUT2D eigenvalue weighted by molar-refractivity contribution is 5.99. The largest absolute Gasteiger partial charge is 0.366 e. The van der Waals surface area contributed by atoms with Crippen LogP contribution in [0.5, 0.6) is 0 Å². The predicted octanol–water partition coefficient (Wildman–Crippen LogP) is 4.27.